The molecule has 134 valence electrons. The van der Waals surface area contributed by atoms with Gasteiger partial charge in [0.1, 0.15) is 0 Å². The van der Waals surface area contributed by atoms with Crippen molar-refractivity contribution in [3.63, 3.8) is 0 Å². The molecule has 0 atom stereocenters. The molecular formula is C16H24ClN3O3S. The molecule has 0 heterocycles. The van der Waals surface area contributed by atoms with Crippen molar-refractivity contribution in [1.29, 1.82) is 0 Å². The van der Waals surface area contributed by atoms with Crippen molar-refractivity contribution >= 4 is 27.7 Å². The van der Waals surface area contributed by atoms with Crippen LogP contribution in [0.15, 0.2) is 24.3 Å². The van der Waals surface area contributed by atoms with Crippen LogP contribution in [0.25, 0.3) is 0 Å². The van der Waals surface area contributed by atoms with Gasteiger partial charge < -0.3 is 10.6 Å². The van der Waals surface area contributed by atoms with Crippen molar-refractivity contribution < 1.29 is 13.2 Å². The van der Waals surface area contributed by atoms with E-state index >= 15 is 0 Å². The molecule has 1 aromatic rings. The summed E-state index contributed by atoms with van der Waals surface area (Å²) in [6, 6.07) is 7.16. The Morgan fingerprint density at radius 2 is 1.71 bits per heavy atom. The Morgan fingerprint density at radius 1 is 1.12 bits per heavy atom. The summed E-state index contributed by atoms with van der Waals surface area (Å²) in [6.07, 6.45) is 3.01. The minimum atomic E-state index is -3.16. The lowest BCUT2D eigenvalue weighted by atomic mass is 9.92. The lowest BCUT2D eigenvalue weighted by Gasteiger charge is -2.29. The van der Waals surface area contributed by atoms with Gasteiger partial charge in [0.15, 0.2) is 0 Å². The van der Waals surface area contributed by atoms with E-state index in [4.69, 9.17) is 11.6 Å². The molecule has 3 N–H and O–H groups in total. The van der Waals surface area contributed by atoms with Gasteiger partial charge in [0.05, 0.1) is 5.75 Å². The number of hydrogen-bond donors (Lipinski definition) is 3. The van der Waals surface area contributed by atoms with Crippen molar-refractivity contribution in [3.05, 3.63) is 34.9 Å². The lowest BCUT2D eigenvalue weighted by Crippen LogP contribution is -2.46. The van der Waals surface area contributed by atoms with Crippen molar-refractivity contribution in [3.8, 4) is 0 Å². The van der Waals surface area contributed by atoms with E-state index in [9.17, 15) is 13.2 Å². The van der Waals surface area contributed by atoms with Gasteiger partial charge in [0.25, 0.3) is 0 Å². The summed E-state index contributed by atoms with van der Waals surface area (Å²) >= 11 is 5.82. The van der Waals surface area contributed by atoms with Gasteiger partial charge in [-0.25, -0.2) is 17.9 Å². The van der Waals surface area contributed by atoms with Gasteiger partial charge in [-0.2, -0.15) is 0 Å². The average molecular weight is 374 g/mol. The number of carbonyl (C=O) groups excluding carboxylic acids is 1. The number of halogens is 1. The van der Waals surface area contributed by atoms with Crippen LogP contribution < -0.4 is 15.4 Å². The molecule has 6 nitrogen and oxygen atoms in total. The second kappa shape index (κ2) is 8.69. The maximum absolute atomic E-state index is 11.9. The van der Waals surface area contributed by atoms with Gasteiger partial charge >= 0.3 is 6.03 Å². The molecule has 2 amide bonds. The summed E-state index contributed by atoms with van der Waals surface area (Å²) < 4.78 is 25.8. The molecule has 0 aromatic heterocycles. The zero-order valence-electron chi connectivity index (χ0n) is 13.7. The van der Waals surface area contributed by atoms with E-state index in [1.165, 1.54) is 0 Å². The number of hydrogen-bond acceptors (Lipinski definition) is 3. The Kier molecular flexibility index (Phi) is 6.89. The fourth-order valence-electron chi connectivity index (χ4n) is 2.71. The maximum atomic E-state index is 11.9. The van der Waals surface area contributed by atoms with Crippen LogP contribution in [0.4, 0.5) is 4.79 Å². The molecule has 1 aromatic carbocycles. The number of rotatable bonds is 6. The number of amides is 2. The van der Waals surface area contributed by atoms with Crippen LogP contribution >= 0.6 is 11.6 Å². The fourth-order valence-corrected chi connectivity index (χ4v) is 3.75. The topological polar surface area (TPSA) is 87.3 Å². The molecule has 1 saturated carbocycles. The van der Waals surface area contributed by atoms with E-state index in [0.717, 1.165) is 31.2 Å². The first-order chi connectivity index (χ1) is 11.4. The van der Waals surface area contributed by atoms with E-state index in [1.807, 2.05) is 12.1 Å². The zero-order valence-corrected chi connectivity index (χ0v) is 15.3. The van der Waals surface area contributed by atoms with Gasteiger partial charge in [-0.05, 0) is 50.3 Å². The van der Waals surface area contributed by atoms with Crippen LogP contribution in [0.5, 0.6) is 0 Å². The van der Waals surface area contributed by atoms with Crippen molar-refractivity contribution in [2.75, 3.05) is 5.75 Å². The summed E-state index contributed by atoms with van der Waals surface area (Å²) in [5, 5.41) is 6.43. The summed E-state index contributed by atoms with van der Waals surface area (Å²) in [6.45, 7) is 2.06. The largest absolute Gasteiger partial charge is 0.335 e. The molecule has 1 fully saturated rings. The van der Waals surface area contributed by atoms with E-state index in [-0.39, 0.29) is 23.9 Å². The zero-order chi connectivity index (χ0) is 17.6. The maximum Gasteiger partial charge on any atom is 0.315 e. The molecule has 1 aliphatic rings. The molecule has 0 aliphatic heterocycles. The number of carbonyl (C=O) groups is 1. The van der Waals surface area contributed by atoms with Gasteiger partial charge in [-0.3, -0.25) is 0 Å². The normalized spacial score (nSPS) is 21.2. The number of sulfonamides is 1. The highest BCUT2D eigenvalue weighted by atomic mass is 35.5. The molecule has 2 rings (SSSR count). The van der Waals surface area contributed by atoms with Gasteiger partial charge in [-0.1, -0.05) is 23.7 Å². The first-order valence-corrected chi connectivity index (χ1v) is 10.2. The Hall–Kier alpha value is -1.31. The second-order valence-corrected chi connectivity index (χ2v) is 8.50. The molecule has 0 spiro atoms. The molecular weight excluding hydrogens is 350 g/mol. The fraction of sp³-hybridized carbons (Fsp3) is 0.562. The van der Waals surface area contributed by atoms with E-state index in [0.29, 0.717) is 11.6 Å². The van der Waals surface area contributed by atoms with Crippen LogP contribution in [0, 0.1) is 0 Å². The van der Waals surface area contributed by atoms with Gasteiger partial charge in [0.2, 0.25) is 10.0 Å². The summed E-state index contributed by atoms with van der Waals surface area (Å²) in [7, 11) is -3.16. The van der Waals surface area contributed by atoms with Crippen LogP contribution in [-0.2, 0) is 16.6 Å². The van der Waals surface area contributed by atoms with Crippen molar-refractivity contribution in [1.82, 2.24) is 15.4 Å². The minimum absolute atomic E-state index is 0.0230. The molecule has 8 heteroatoms. The molecule has 0 unspecified atom stereocenters. The third kappa shape index (κ3) is 6.30. The molecule has 1 aliphatic carbocycles. The van der Waals surface area contributed by atoms with Crippen LogP contribution in [-0.4, -0.2) is 32.3 Å². The Morgan fingerprint density at radius 3 is 2.29 bits per heavy atom. The van der Waals surface area contributed by atoms with Crippen molar-refractivity contribution in [2.45, 2.75) is 51.2 Å². The van der Waals surface area contributed by atoms with Gasteiger partial charge in [0, 0.05) is 23.7 Å². The van der Waals surface area contributed by atoms with Crippen molar-refractivity contribution in [2.24, 2.45) is 0 Å². The molecule has 0 bridgehead atoms. The van der Waals surface area contributed by atoms with Gasteiger partial charge in [-0.15, -0.1) is 0 Å². The highest BCUT2D eigenvalue weighted by Crippen LogP contribution is 2.19. The lowest BCUT2D eigenvalue weighted by molar-refractivity contribution is 0.230. The standard InChI is InChI=1S/C16H24ClN3O3S/c1-2-24(22,23)20-15-9-7-14(8-10-15)19-16(21)18-11-12-3-5-13(17)6-4-12/h3-6,14-15,20H,2,7-11H2,1H3,(H2,18,19,21). The average Bonchev–Trinajstić information content (AvgIpc) is 2.56. The number of benzene rings is 1. The third-order valence-corrected chi connectivity index (χ3v) is 5.86. The molecule has 0 saturated heterocycles. The van der Waals surface area contributed by atoms with E-state index in [1.54, 1.807) is 19.1 Å². The SMILES string of the molecule is CCS(=O)(=O)NC1CCC(NC(=O)NCc2ccc(Cl)cc2)CC1. The second-order valence-electron chi connectivity index (χ2n) is 6.02. The predicted octanol–water partition coefficient (Wildman–Crippen LogP) is 2.39. The number of urea groups is 1. The smallest absolute Gasteiger partial charge is 0.315 e. The van der Waals surface area contributed by atoms with E-state index in [2.05, 4.69) is 15.4 Å². The quantitative estimate of drug-likeness (QED) is 0.715. The first-order valence-electron chi connectivity index (χ1n) is 8.17. The number of nitrogens with one attached hydrogen (secondary N) is 3. The summed E-state index contributed by atoms with van der Waals surface area (Å²) in [4.78, 5) is 11.9. The molecule has 0 radical (unpaired) electrons. The van der Waals surface area contributed by atoms with Crippen LogP contribution in [0.2, 0.25) is 5.02 Å². The summed E-state index contributed by atoms with van der Waals surface area (Å²) in [5.74, 6) is 0.0955. The Bertz CT molecular complexity index is 641. The first kappa shape index (κ1) is 19.0. The predicted molar refractivity (Wildman–Crippen MR) is 95.5 cm³/mol. The molecule has 24 heavy (non-hydrogen) atoms. The monoisotopic (exact) mass is 373 g/mol. The van der Waals surface area contributed by atoms with E-state index < -0.39 is 10.0 Å². The highest BCUT2D eigenvalue weighted by molar-refractivity contribution is 7.89. The Balaban J connectivity index is 1.69. The third-order valence-electron chi connectivity index (χ3n) is 4.15. The minimum Gasteiger partial charge on any atom is -0.335 e. The summed E-state index contributed by atoms with van der Waals surface area (Å²) in [5.41, 5.74) is 0.979. The van der Waals surface area contributed by atoms with Crippen LogP contribution in [0.3, 0.4) is 0 Å². The van der Waals surface area contributed by atoms with Crippen LogP contribution in [0.1, 0.15) is 38.2 Å². The highest BCUT2D eigenvalue weighted by Gasteiger charge is 2.24. The Labute approximate surface area is 148 Å².